The second-order valence-electron chi connectivity index (χ2n) is 17.4. The van der Waals surface area contributed by atoms with Crippen LogP contribution in [0, 0.1) is 12.1 Å². The first kappa shape index (κ1) is 37.9. The minimum Gasteiger partial charge on any atom is -0.456 e. The number of hydrogen-bond acceptors (Lipinski definition) is 2. The maximum atomic E-state index is 6.40. The maximum absolute atomic E-state index is 6.40. The van der Waals surface area contributed by atoms with Gasteiger partial charge in [-0.05, 0) is 150 Å². The Morgan fingerprint density at radius 2 is 1.14 bits per heavy atom. The molecule has 0 atom stereocenters. The lowest BCUT2D eigenvalue weighted by molar-refractivity contribution is 0.669. The topological polar surface area (TPSA) is 16.4 Å². The summed E-state index contributed by atoms with van der Waals surface area (Å²) < 4.78 is 6.40. The molecule has 12 aromatic rings. The predicted molar refractivity (Wildman–Crippen MR) is 279 cm³/mol. The zero-order valence-corrected chi connectivity index (χ0v) is 36.1. The van der Waals surface area contributed by atoms with Crippen LogP contribution in [-0.4, -0.2) is 0 Å². The summed E-state index contributed by atoms with van der Waals surface area (Å²) in [5.41, 5.74) is 14.4. The Kier molecular flexibility index (Phi) is 8.93. The molecule has 2 nitrogen and oxygen atoms in total. The van der Waals surface area contributed by atoms with Gasteiger partial charge in [0.1, 0.15) is 11.2 Å². The van der Waals surface area contributed by atoms with Crippen LogP contribution in [0.1, 0.15) is 18.4 Å². The molecular formula is C64H41NO. The van der Waals surface area contributed by atoms with Crippen molar-refractivity contribution in [2.75, 3.05) is 4.90 Å². The van der Waals surface area contributed by atoms with Gasteiger partial charge in [0.2, 0.25) is 0 Å². The van der Waals surface area contributed by atoms with Crippen molar-refractivity contribution < 1.29 is 4.42 Å². The average Bonchev–Trinajstić information content (AvgIpc) is 3.75. The van der Waals surface area contributed by atoms with Crippen molar-refractivity contribution in [3.05, 3.63) is 242 Å². The van der Waals surface area contributed by atoms with Gasteiger partial charge in [-0.2, -0.15) is 0 Å². The molecule has 1 aliphatic rings. The van der Waals surface area contributed by atoms with E-state index in [0.29, 0.717) is 0 Å². The number of furan rings is 1. The lowest BCUT2D eigenvalue weighted by atomic mass is 9.90. The van der Waals surface area contributed by atoms with E-state index in [1.807, 2.05) is 12.1 Å². The van der Waals surface area contributed by atoms with Gasteiger partial charge in [0, 0.05) is 27.4 Å². The van der Waals surface area contributed by atoms with Gasteiger partial charge < -0.3 is 9.32 Å². The molecule has 0 aliphatic heterocycles. The highest BCUT2D eigenvalue weighted by Gasteiger charge is 2.22. The Morgan fingerprint density at radius 3 is 2.00 bits per heavy atom. The number of allylic oxidation sites excluding steroid dienone is 4. The highest BCUT2D eigenvalue weighted by atomic mass is 16.3. The van der Waals surface area contributed by atoms with Crippen molar-refractivity contribution >= 4 is 87.7 Å². The fraction of sp³-hybridized carbons (Fsp3) is 0.0312. The lowest BCUT2D eigenvalue weighted by Gasteiger charge is -2.29. The van der Waals surface area contributed by atoms with E-state index in [4.69, 9.17) is 4.42 Å². The Balaban J connectivity index is 0.975. The molecule has 0 spiro atoms. The molecule has 0 fully saturated rings. The monoisotopic (exact) mass is 839 g/mol. The van der Waals surface area contributed by atoms with E-state index in [1.165, 1.54) is 65.7 Å². The van der Waals surface area contributed by atoms with Crippen molar-refractivity contribution in [3.8, 4) is 33.4 Å². The summed E-state index contributed by atoms with van der Waals surface area (Å²) in [7, 11) is 0. The summed E-state index contributed by atoms with van der Waals surface area (Å²) in [5.74, 6) is 0. The average molecular weight is 840 g/mol. The Morgan fingerprint density at radius 1 is 0.409 bits per heavy atom. The molecule has 1 heterocycles. The Labute approximate surface area is 383 Å². The second-order valence-corrected chi connectivity index (χ2v) is 17.4. The molecule has 13 rings (SSSR count). The standard InChI is InChI=1S/C64H41NO/c1-2-14-44(15-3-1)60-40-49(54-26-13-18-43-16-4-6-21-53(43)54)33-35-62(60)65(52-34-32-47-38-61-58-25-10-11-27-63(58)66-64(61)41-50(47)37-52)51-20-12-19-46(36-51)42-28-30-45(31-29-42)59-39-48-17-5-7-22-55(48)56-23-8-9-24-57(56)59/h1-2,4-14,16-31,33,35-41H,3,15H2. The molecule has 0 radical (unpaired) electrons. The van der Waals surface area contributed by atoms with Crippen LogP contribution < -0.4 is 4.90 Å². The summed E-state index contributed by atoms with van der Waals surface area (Å²) in [6.07, 6.45) is 8.70. The molecule has 11 aromatic carbocycles. The van der Waals surface area contributed by atoms with E-state index >= 15 is 0 Å². The van der Waals surface area contributed by atoms with Crippen LogP contribution in [0.2, 0.25) is 0 Å². The van der Waals surface area contributed by atoms with Crippen LogP contribution >= 0.6 is 0 Å². The van der Waals surface area contributed by atoms with Gasteiger partial charge in [-0.25, -0.2) is 0 Å². The molecular weight excluding hydrogens is 799 g/mol. The van der Waals surface area contributed by atoms with Gasteiger partial charge in [0.05, 0.1) is 11.4 Å². The number of nitrogens with zero attached hydrogens (tertiary/aromatic N) is 1. The van der Waals surface area contributed by atoms with E-state index in [9.17, 15) is 0 Å². The molecule has 308 valence electrons. The van der Waals surface area contributed by atoms with E-state index < -0.39 is 0 Å². The quantitative estimate of drug-likeness (QED) is 0.149. The van der Waals surface area contributed by atoms with Gasteiger partial charge in [-0.1, -0.05) is 176 Å². The first-order valence-corrected chi connectivity index (χ1v) is 22.8. The largest absolute Gasteiger partial charge is 0.456 e. The third-order valence-electron chi connectivity index (χ3n) is 13.5. The van der Waals surface area contributed by atoms with Crippen LogP contribution in [-0.2, 0) is 0 Å². The predicted octanol–water partition coefficient (Wildman–Crippen LogP) is 18.0. The fourth-order valence-electron chi connectivity index (χ4n) is 10.3. The number of benzene rings is 10. The molecule has 0 unspecified atom stereocenters. The first-order valence-electron chi connectivity index (χ1n) is 22.8. The number of hydrogen-bond donors (Lipinski definition) is 0. The van der Waals surface area contributed by atoms with Crippen LogP contribution in [0.15, 0.2) is 229 Å². The van der Waals surface area contributed by atoms with E-state index in [1.54, 1.807) is 0 Å². The lowest BCUT2D eigenvalue weighted by Crippen LogP contribution is -2.12. The molecule has 0 saturated heterocycles. The van der Waals surface area contributed by atoms with Crippen molar-refractivity contribution in [1.82, 2.24) is 0 Å². The Hall–Kier alpha value is -8.64. The van der Waals surface area contributed by atoms with E-state index in [-0.39, 0.29) is 0 Å². The highest BCUT2D eigenvalue weighted by molar-refractivity contribution is 6.14. The SMILES string of the molecule is c1c(N(c2cccc(-c3ccc(-c4cc5ccccc5c5ccccc45)cc3)c2)c2ccc(-c3cccc4ccccc34)cc2C2=CC=CCC2)cc2cc3oc4ccccc4c3cc2c#1. The van der Waals surface area contributed by atoms with Gasteiger partial charge in [0.15, 0.2) is 0 Å². The number of rotatable bonds is 7. The molecule has 0 N–H and O–H groups in total. The summed E-state index contributed by atoms with van der Waals surface area (Å²) in [5, 5.41) is 11.8. The zero-order chi connectivity index (χ0) is 43.6. The van der Waals surface area contributed by atoms with Crippen LogP contribution in [0.25, 0.3) is 104 Å². The second kappa shape index (κ2) is 15.6. The number of anilines is 3. The maximum Gasteiger partial charge on any atom is 0.136 e. The van der Waals surface area contributed by atoms with Crippen molar-refractivity contribution in [1.29, 1.82) is 0 Å². The smallest absolute Gasteiger partial charge is 0.136 e. The van der Waals surface area contributed by atoms with Crippen LogP contribution in [0.4, 0.5) is 17.1 Å². The van der Waals surface area contributed by atoms with Gasteiger partial charge in [-0.15, -0.1) is 0 Å². The number of fused-ring (bicyclic) bond motifs is 8. The van der Waals surface area contributed by atoms with E-state index in [0.717, 1.165) is 73.7 Å². The molecule has 0 amide bonds. The molecule has 2 heteroatoms. The van der Waals surface area contributed by atoms with Gasteiger partial charge >= 0.3 is 0 Å². The van der Waals surface area contributed by atoms with Crippen LogP contribution in [0.5, 0.6) is 0 Å². The highest BCUT2D eigenvalue weighted by Crippen LogP contribution is 2.45. The van der Waals surface area contributed by atoms with Gasteiger partial charge in [0.25, 0.3) is 0 Å². The third-order valence-corrected chi connectivity index (χ3v) is 13.5. The summed E-state index contributed by atoms with van der Waals surface area (Å²) in [4.78, 5) is 2.37. The molecule has 1 aliphatic carbocycles. The molecule has 1 aromatic heterocycles. The van der Waals surface area contributed by atoms with Gasteiger partial charge in [-0.3, -0.25) is 0 Å². The van der Waals surface area contributed by atoms with Crippen LogP contribution in [0.3, 0.4) is 0 Å². The molecule has 66 heavy (non-hydrogen) atoms. The third kappa shape index (κ3) is 6.44. The summed E-state index contributed by atoms with van der Waals surface area (Å²) >= 11 is 0. The minimum absolute atomic E-state index is 0.863. The molecule has 0 saturated carbocycles. The van der Waals surface area contributed by atoms with E-state index in [2.05, 4.69) is 229 Å². The molecule has 0 bridgehead atoms. The first-order chi connectivity index (χ1) is 32.7. The van der Waals surface area contributed by atoms with Crippen molar-refractivity contribution in [2.45, 2.75) is 12.8 Å². The summed E-state index contributed by atoms with van der Waals surface area (Å²) in [6, 6.07) is 82.2. The van der Waals surface area contributed by atoms with Crippen molar-refractivity contribution in [3.63, 3.8) is 0 Å². The Bertz CT molecular complexity index is 3940. The normalized spacial score (nSPS) is 12.6. The number of para-hydroxylation sites is 1. The summed E-state index contributed by atoms with van der Waals surface area (Å²) in [6.45, 7) is 0. The fourth-order valence-corrected chi connectivity index (χ4v) is 10.3. The zero-order valence-electron chi connectivity index (χ0n) is 36.1. The van der Waals surface area contributed by atoms with Crippen molar-refractivity contribution in [2.24, 2.45) is 0 Å². The minimum atomic E-state index is 0.863.